The van der Waals surface area contributed by atoms with Gasteiger partial charge in [-0.05, 0) is 43.4 Å². The van der Waals surface area contributed by atoms with E-state index in [0.29, 0.717) is 19.1 Å². The molecule has 1 aromatic rings. The molecule has 1 aromatic carbocycles. The van der Waals surface area contributed by atoms with Crippen LogP contribution < -0.4 is 5.32 Å². The summed E-state index contributed by atoms with van der Waals surface area (Å²) in [7, 11) is -3.11. The fourth-order valence-corrected chi connectivity index (χ4v) is 3.50. The average molecular weight is 308 g/mol. The first-order chi connectivity index (χ1) is 9.91. The fraction of sp³-hybridized carbons (Fsp3) is 0.500. The first-order valence-electron chi connectivity index (χ1n) is 7.35. The van der Waals surface area contributed by atoms with Crippen molar-refractivity contribution in [1.29, 1.82) is 0 Å². The summed E-state index contributed by atoms with van der Waals surface area (Å²) in [5, 5.41) is 3.54. The second-order valence-corrected chi connectivity index (χ2v) is 7.68. The van der Waals surface area contributed by atoms with E-state index in [1.807, 2.05) is 18.2 Å². The number of nitrogens with one attached hydrogen (secondary N) is 1. The second kappa shape index (κ2) is 6.62. The van der Waals surface area contributed by atoms with Crippen LogP contribution >= 0.6 is 0 Å². The molecule has 0 spiro atoms. The molecule has 0 aromatic heterocycles. The molecule has 1 heterocycles. The second-order valence-electron chi connectivity index (χ2n) is 5.70. The Morgan fingerprint density at radius 2 is 2.24 bits per heavy atom. The molecule has 0 saturated carbocycles. The lowest BCUT2D eigenvalue weighted by atomic mass is 9.98. The van der Waals surface area contributed by atoms with Gasteiger partial charge in [-0.2, -0.15) is 4.31 Å². The summed E-state index contributed by atoms with van der Waals surface area (Å²) in [5.74, 6) is 0. The summed E-state index contributed by atoms with van der Waals surface area (Å²) < 4.78 is 24.9. The molecular formula is C16H24N2O2S. The highest BCUT2D eigenvalue weighted by Gasteiger charge is 2.24. The van der Waals surface area contributed by atoms with Gasteiger partial charge in [0.25, 0.3) is 0 Å². The van der Waals surface area contributed by atoms with Gasteiger partial charge < -0.3 is 5.32 Å². The van der Waals surface area contributed by atoms with Crippen molar-refractivity contribution < 1.29 is 8.42 Å². The third kappa shape index (κ3) is 4.08. The Balaban J connectivity index is 2.15. The minimum absolute atomic E-state index is 0.377. The van der Waals surface area contributed by atoms with Crippen LogP contribution in [0.25, 0.3) is 0 Å². The van der Waals surface area contributed by atoms with Crippen LogP contribution in [0.4, 0.5) is 5.69 Å². The van der Waals surface area contributed by atoms with E-state index in [-0.39, 0.29) is 0 Å². The van der Waals surface area contributed by atoms with E-state index in [1.165, 1.54) is 11.8 Å². The number of benzene rings is 1. The molecular weight excluding hydrogens is 284 g/mol. The number of allylic oxidation sites excluding steroid dienone is 1. The minimum Gasteiger partial charge on any atom is -0.382 e. The summed E-state index contributed by atoms with van der Waals surface area (Å²) in [4.78, 5) is 0. The van der Waals surface area contributed by atoms with E-state index in [0.717, 1.165) is 30.5 Å². The molecule has 116 valence electrons. The lowest BCUT2D eigenvalue weighted by Crippen LogP contribution is -2.35. The molecule has 1 aliphatic heterocycles. The Kier molecular flexibility index (Phi) is 5.06. The molecule has 0 saturated heterocycles. The number of hydrogen-bond donors (Lipinski definition) is 1. The molecule has 0 radical (unpaired) electrons. The first kappa shape index (κ1) is 16.0. The Morgan fingerprint density at radius 3 is 2.90 bits per heavy atom. The van der Waals surface area contributed by atoms with E-state index in [2.05, 4.69) is 24.9 Å². The van der Waals surface area contributed by atoms with Crippen LogP contribution in [0, 0.1) is 0 Å². The van der Waals surface area contributed by atoms with Crippen molar-refractivity contribution >= 4 is 15.7 Å². The average Bonchev–Trinajstić information content (AvgIpc) is 2.44. The van der Waals surface area contributed by atoms with E-state index in [9.17, 15) is 8.42 Å². The lowest BCUT2D eigenvalue weighted by molar-refractivity contribution is 0.395. The molecule has 5 heteroatoms. The summed E-state index contributed by atoms with van der Waals surface area (Å²) in [6.07, 6.45) is 6.01. The number of fused-ring (bicyclic) bond motifs is 1. The monoisotopic (exact) mass is 308 g/mol. The highest BCUT2D eigenvalue weighted by atomic mass is 32.2. The first-order valence-corrected chi connectivity index (χ1v) is 9.20. The van der Waals surface area contributed by atoms with Crippen molar-refractivity contribution in [1.82, 2.24) is 4.31 Å². The zero-order chi connectivity index (χ0) is 15.5. The van der Waals surface area contributed by atoms with Crippen LogP contribution in [-0.2, 0) is 23.0 Å². The van der Waals surface area contributed by atoms with Crippen LogP contribution in [-0.4, -0.2) is 31.6 Å². The third-order valence-electron chi connectivity index (χ3n) is 3.91. The van der Waals surface area contributed by atoms with Crippen LogP contribution in [0.5, 0.6) is 0 Å². The van der Waals surface area contributed by atoms with Gasteiger partial charge in [0.1, 0.15) is 0 Å². The number of hydrogen-bond acceptors (Lipinski definition) is 3. The smallest absolute Gasteiger partial charge is 0.211 e. The molecule has 0 bridgehead atoms. The SMILES string of the molecule is C=CCC[C@@H](C)Nc1cccc2c1CCN(S(C)(=O)=O)C2. The maximum absolute atomic E-state index is 11.7. The maximum Gasteiger partial charge on any atom is 0.211 e. The van der Waals surface area contributed by atoms with Crippen molar-refractivity contribution in [2.24, 2.45) is 0 Å². The topological polar surface area (TPSA) is 49.4 Å². The van der Waals surface area contributed by atoms with Gasteiger partial charge >= 0.3 is 0 Å². The Hall–Kier alpha value is -1.33. The Morgan fingerprint density at radius 1 is 1.48 bits per heavy atom. The predicted molar refractivity (Wildman–Crippen MR) is 87.9 cm³/mol. The van der Waals surface area contributed by atoms with E-state index < -0.39 is 10.0 Å². The van der Waals surface area contributed by atoms with Gasteiger partial charge in [-0.3, -0.25) is 0 Å². The summed E-state index contributed by atoms with van der Waals surface area (Å²) >= 11 is 0. The van der Waals surface area contributed by atoms with Crippen LogP contribution in [0.3, 0.4) is 0 Å². The van der Waals surface area contributed by atoms with Gasteiger partial charge in [0.15, 0.2) is 0 Å². The molecule has 0 amide bonds. The van der Waals surface area contributed by atoms with Crippen molar-refractivity contribution in [2.45, 2.75) is 38.8 Å². The molecule has 1 aliphatic rings. The van der Waals surface area contributed by atoms with Gasteiger partial charge in [0.05, 0.1) is 6.26 Å². The van der Waals surface area contributed by atoms with Gasteiger partial charge in [0.2, 0.25) is 10.0 Å². The van der Waals surface area contributed by atoms with Crippen molar-refractivity contribution in [3.8, 4) is 0 Å². The quantitative estimate of drug-likeness (QED) is 0.822. The van der Waals surface area contributed by atoms with Gasteiger partial charge in [-0.25, -0.2) is 8.42 Å². The molecule has 0 unspecified atom stereocenters. The minimum atomic E-state index is -3.11. The van der Waals surface area contributed by atoms with Crippen LogP contribution in [0.1, 0.15) is 30.9 Å². The Labute approximate surface area is 127 Å². The molecule has 1 atom stereocenters. The van der Waals surface area contributed by atoms with Crippen LogP contribution in [0.2, 0.25) is 0 Å². The zero-order valence-corrected chi connectivity index (χ0v) is 13.6. The summed E-state index contributed by atoms with van der Waals surface area (Å²) in [6, 6.07) is 6.47. The number of nitrogens with zero attached hydrogens (tertiary/aromatic N) is 1. The normalized spacial score (nSPS) is 17.0. The van der Waals surface area contributed by atoms with E-state index in [1.54, 1.807) is 4.31 Å². The van der Waals surface area contributed by atoms with Crippen molar-refractivity contribution in [3.05, 3.63) is 42.0 Å². The number of anilines is 1. The summed E-state index contributed by atoms with van der Waals surface area (Å²) in [6.45, 7) is 6.95. The van der Waals surface area contributed by atoms with Gasteiger partial charge in [0, 0.05) is 24.8 Å². The molecule has 21 heavy (non-hydrogen) atoms. The standard InChI is InChI=1S/C16H24N2O2S/c1-4-5-7-13(2)17-16-9-6-8-14-12-18(21(3,19)20)11-10-15(14)16/h4,6,8-9,13,17H,1,5,7,10-12H2,2-3H3/t13-/m1/s1. The lowest BCUT2D eigenvalue weighted by Gasteiger charge is -2.29. The van der Waals surface area contributed by atoms with E-state index >= 15 is 0 Å². The molecule has 2 rings (SSSR count). The molecule has 4 nitrogen and oxygen atoms in total. The maximum atomic E-state index is 11.7. The van der Waals surface area contributed by atoms with Gasteiger partial charge in [-0.1, -0.05) is 18.2 Å². The third-order valence-corrected chi connectivity index (χ3v) is 5.16. The van der Waals surface area contributed by atoms with Crippen molar-refractivity contribution in [2.75, 3.05) is 18.1 Å². The molecule has 1 N–H and O–H groups in total. The Bertz CT molecular complexity index is 611. The fourth-order valence-electron chi connectivity index (χ4n) is 2.71. The van der Waals surface area contributed by atoms with E-state index in [4.69, 9.17) is 0 Å². The van der Waals surface area contributed by atoms with Crippen LogP contribution in [0.15, 0.2) is 30.9 Å². The number of rotatable bonds is 6. The zero-order valence-electron chi connectivity index (χ0n) is 12.8. The largest absolute Gasteiger partial charge is 0.382 e. The highest BCUT2D eigenvalue weighted by molar-refractivity contribution is 7.88. The van der Waals surface area contributed by atoms with Gasteiger partial charge in [-0.15, -0.1) is 6.58 Å². The number of sulfonamides is 1. The summed E-state index contributed by atoms with van der Waals surface area (Å²) in [5.41, 5.74) is 3.49. The molecule has 0 fully saturated rings. The highest BCUT2D eigenvalue weighted by Crippen LogP contribution is 2.28. The molecule has 0 aliphatic carbocycles. The predicted octanol–water partition coefficient (Wildman–Crippen LogP) is 2.77. The van der Waals surface area contributed by atoms with Crippen molar-refractivity contribution in [3.63, 3.8) is 0 Å².